The monoisotopic (exact) mass is 320 g/mol. The molecule has 3 aromatic rings. The zero-order chi connectivity index (χ0) is 15.7. The van der Waals surface area contributed by atoms with Crippen LogP contribution >= 0.6 is 11.3 Å². The highest BCUT2D eigenvalue weighted by Gasteiger charge is 2.14. The van der Waals surface area contributed by atoms with Crippen molar-refractivity contribution in [3.05, 3.63) is 63.8 Å². The molecule has 0 aliphatic rings. The topological polar surface area (TPSA) is 76.7 Å². The molecule has 112 valence electrons. The minimum Gasteiger partial charge on any atom is -0.479 e. The van der Waals surface area contributed by atoms with E-state index in [0.29, 0.717) is 9.76 Å². The second-order valence-electron chi connectivity index (χ2n) is 4.46. The highest BCUT2D eigenvalue weighted by molar-refractivity contribution is 7.20. The minimum absolute atomic E-state index is 0.225. The van der Waals surface area contributed by atoms with E-state index in [1.54, 1.807) is 12.1 Å². The number of carboxylic acids is 1. The van der Waals surface area contributed by atoms with Crippen LogP contribution in [0.25, 0.3) is 10.3 Å². The summed E-state index contributed by atoms with van der Waals surface area (Å²) in [6, 6.07) is 8.66. The Morgan fingerprint density at radius 2 is 2.00 bits per heavy atom. The summed E-state index contributed by atoms with van der Waals surface area (Å²) in [7, 11) is 0. The van der Waals surface area contributed by atoms with Crippen LogP contribution in [0.2, 0.25) is 0 Å². The van der Waals surface area contributed by atoms with Crippen molar-refractivity contribution < 1.29 is 23.4 Å². The molecule has 0 aliphatic carbocycles. The zero-order valence-corrected chi connectivity index (χ0v) is 11.9. The van der Waals surface area contributed by atoms with Crippen molar-refractivity contribution in [2.45, 2.75) is 6.61 Å². The van der Waals surface area contributed by atoms with E-state index in [-0.39, 0.29) is 18.0 Å². The van der Waals surface area contributed by atoms with E-state index in [2.05, 4.69) is 0 Å². The lowest BCUT2D eigenvalue weighted by Crippen LogP contribution is -2.12. The number of aromatic carboxylic acids is 1. The van der Waals surface area contributed by atoms with Crippen LogP contribution in [0.3, 0.4) is 0 Å². The Labute approximate surface area is 127 Å². The van der Waals surface area contributed by atoms with Gasteiger partial charge in [-0.05, 0) is 23.8 Å². The van der Waals surface area contributed by atoms with Gasteiger partial charge in [0.25, 0.3) is 0 Å². The third kappa shape index (κ3) is 2.84. The van der Waals surface area contributed by atoms with Gasteiger partial charge in [-0.25, -0.2) is 14.0 Å². The van der Waals surface area contributed by atoms with Crippen LogP contribution in [0.5, 0.6) is 5.06 Å². The van der Waals surface area contributed by atoms with Crippen molar-refractivity contribution in [2.24, 2.45) is 0 Å². The number of ether oxygens (including phenoxy) is 1. The summed E-state index contributed by atoms with van der Waals surface area (Å²) in [4.78, 5) is 22.4. The molecule has 3 rings (SSSR count). The number of carboxylic acid groups (broad SMARTS) is 1. The number of fused-ring (bicyclic) bond motifs is 1. The molecule has 0 bridgehead atoms. The molecule has 22 heavy (non-hydrogen) atoms. The fourth-order valence-electron chi connectivity index (χ4n) is 1.85. The van der Waals surface area contributed by atoms with Gasteiger partial charge >= 0.3 is 11.6 Å². The van der Waals surface area contributed by atoms with E-state index in [0.717, 1.165) is 5.56 Å². The van der Waals surface area contributed by atoms with Gasteiger partial charge in [0.15, 0.2) is 10.6 Å². The number of benzene rings is 1. The molecule has 0 amide bonds. The fourth-order valence-corrected chi connectivity index (χ4v) is 2.73. The summed E-state index contributed by atoms with van der Waals surface area (Å²) in [5.74, 6) is -1.66. The maximum atomic E-state index is 12.8. The molecule has 0 atom stereocenters. The van der Waals surface area contributed by atoms with Gasteiger partial charge in [-0.15, -0.1) is 0 Å². The van der Waals surface area contributed by atoms with Crippen molar-refractivity contribution >= 4 is 27.6 Å². The average molecular weight is 320 g/mol. The summed E-state index contributed by atoms with van der Waals surface area (Å²) in [6.07, 6.45) is 0. The van der Waals surface area contributed by atoms with E-state index in [1.165, 1.54) is 35.6 Å². The first-order valence-electron chi connectivity index (χ1n) is 6.21. The van der Waals surface area contributed by atoms with E-state index < -0.39 is 17.2 Å². The summed E-state index contributed by atoms with van der Waals surface area (Å²) < 4.78 is 23.8. The number of thiophene rings is 1. The van der Waals surface area contributed by atoms with E-state index >= 15 is 0 Å². The second kappa shape index (κ2) is 5.61. The van der Waals surface area contributed by atoms with E-state index in [4.69, 9.17) is 14.3 Å². The Kier molecular flexibility index (Phi) is 3.64. The standard InChI is InChI=1S/C15H9FO5S/c16-9-3-1-8(2-4-9)7-20-13-6-11-12(22-13)5-10(14(17)18)15(19)21-11/h1-6H,7H2,(H,17,18). The number of hydrogen-bond acceptors (Lipinski definition) is 5. The van der Waals surface area contributed by atoms with Gasteiger partial charge in [0.1, 0.15) is 18.0 Å². The molecular formula is C15H9FO5S. The molecule has 5 nitrogen and oxygen atoms in total. The van der Waals surface area contributed by atoms with Gasteiger partial charge in [-0.1, -0.05) is 23.5 Å². The quantitative estimate of drug-likeness (QED) is 0.798. The van der Waals surface area contributed by atoms with E-state index in [1.807, 2.05) is 0 Å². The van der Waals surface area contributed by atoms with Crippen LogP contribution in [0.4, 0.5) is 4.39 Å². The van der Waals surface area contributed by atoms with Gasteiger partial charge in [0.2, 0.25) is 0 Å². The Bertz CT molecular complexity index is 894. The predicted molar refractivity (Wildman–Crippen MR) is 78.1 cm³/mol. The van der Waals surface area contributed by atoms with Gasteiger partial charge in [0, 0.05) is 6.07 Å². The first-order valence-corrected chi connectivity index (χ1v) is 7.03. The molecule has 0 spiro atoms. The third-order valence-corrected chi connectivity index (χ3v) is 3.90. The lowest BCUT2D eigenvalue weighted by atomic mass is 10.2. The highest BCUT2D eigenvalue weighted by Crippen LogP contribution is 2.31. The molecule has 0 aliphatic heterocycles. The van der Waals surface area contributed by atoms with Gasteiger partial charge in [0.05, 0.1) is 4.70 Å². The maximum absolute atomic E-state index is 12.8. The minimum atomic E-state index is -1.34. The van der Waals surface area contributed by atoms with Crippen LogP contribution in [0, 0.1) is 5.82 Å². The second-order valence-corrected chi connectivity index (χ2v) is 5.51. The van der Waals surface area contributed by atoms with Crippen molar-refractivity contribution in [3.8, 4) is 5.06 Å². The third-order valence-electron chi connectivity index (χ3n) is 2.93. The molecule has 0 radical (unpaired) electrons. The van der Waals surface area contributed by atoms with Crippen LogP contribution < -0.4 is 10.4 Å². The highest BCUT2D eigenvalue weighted by atomic mass is 32.1. The largest absolute Gasteiger partial charge is 0.479 e. The number of carbonyl (C=O) groups is 1. The normalized spacial score (nSPS) is 10.8. The lowest BCUT2D eigenvalue weighted by Gasteiger charge is -2.02. The Hall–Kier alpha value is -2.67. The summed E-state index contributed by atoms with van der Waals surface area (Å²) in [5.41, 5.74) is -0.261. The predicted octanol–water partition coefficient (Wildman–Crippen LogP) is 3.27. The van der Waals surface area contributed by atoms with Gasteiger partial charge < -0.3 is 14.3 Å². The lowest BCUT2D eigenvalue weighted by molar-refractivity contribution is 0.0692. The molecule has 2 aromatic heterocycles. The number of halogens is 1. The van der Waals surface area contributed by atoms with Crippen LogP contribution in [-0.2, 0) is 6.61 Å². The van der Waals surface area contributed by atoms with Crippen LogP contribution in [0.1, 0.15) is 15.9 Å². The number of rotatable bonds is 4. The molecular weight excluding hydrogens is 311 g/mol. The van der Waals surface area contributed by atoms with E-state index in [9.17, 15) is 14.0 Å². The molecule has 7 heteroatoms. The molecule has 1 aromatic carbocycles. The Morgan fingerprint density at radius 1 is 1.27 bits per heavy atom. The smallest absolute Gasteiger partial charge is 0.351 e. The summed E-state index contributed by atoms with van der Waals surface area (Å²) >= 11 is 1.17. The molecule has 1 N–H and O–H groups in total. The Balaban J connectivity index is 1.84. The first kappa shape index (κ1) is 14.3. The molecule has 0 saturated carbocycles. The van der Waals surface area contributed by atoms with Crippen molar-refractivity contribution in [2.75, 3.05) is 0 Å². The summed E-state index contributed by atoms with van der Waals surface area (Å²) in [5, 5.41) is 9.37. The molecule has 2 heterocycles. The van der Waals surface area contributed by atoms with Crippen molar-refractivity contribution in [1.29, 1.82) is 0 Å². The average Bonchev–Trinajstić information content (AvgIpc) is 2.87. The van der Waals surface area contributed by atoms with Gasteiger partial charge in [-0.2, -0.15) is 0 Å². The SMILES string of the molecule is O=C(O)c1cc2sc(OCc3ccc(F)cc3)cc2oc1=O. The molecule has 0 saturated heterocycles. The zero-order valence-electron chi connectivity index (χ0n) is 11.0. The summed E-state index contributed by atoms with van der Waals surface area (Å²) in [6.45, 7) is 0.225. The first-order chi connectivity index (χ1) is 10.5. The molecule has 0 fully saturated rings. The Morgan fingerprint density at radius 3 is 2.68 bits per heavy atom. The van der Waals surface area contributed by atoms with Crippen LogP contribution in [0.15, 0.2) is 45.6 Å². The fraction of sp³-hybridized carbons (Fsp3) is 0.0667. The maximum Gasteiger partial charge on any atom is 0.351 e. The number of hydrogen-bond donors (Lipinski definition) is 1. The van der Waals surface area contributed by atoms with Crippen LogP contribution in [-0.4, -0.2) is 11.1 Å². The van der Waals surface area contributed by atoms with Crippen molar-refractivity contribution in [1.82, 2.24) is 0 Å². The van der Waals surface area contributed by atoms with Crippen molar-refractivity contribution in [3.63, 3.8) is 0 Å². The molecule has 0 unspecified atom stereocenters. The van der Waals surface area contributed by atoms with Gasteiger partial charge in [-0.3, -0.25) is 0 Å².